The third-order valence-corrected chi connectivity index (χ3v) is 5.89. The van der Waals surface area contributed by atoms with Crippen molar-refractivity contribution in [1.82, 2.24) is 9.80 Å². The van der Waals surface area contributed by atoms with E-state index < -0.39 is 0 Å². The summed E-state index contributed by atoms with van der Waals surface area (Å²) in [5, 5.41) is 0. The highest BCUT2D eigenvalue weighted by atomic mass is 32.2. The smallest absolute Gasteiger partial charge is 0.0487 e. The van der Waals surface area contributed by atoms with Crippen molar-refractivity contribution in [3.8, 4) is 12.3 Å². The van der Waals surface area contributed by atoms with Gasteiger partial charge in [0.25, 0.3) is 0 Å². The number of thioether (sulfide) groups is 1. The SMILES string of the molecule is C#CC1=C2C=CN([C@H]3CN4CCC3CC4)C=C2SC1. The average molecular weight is 270 g/mol. The van der Waals surface area contributed by atoms with Crippen LogP contribution in [-0.2, 0) is 0 Å². The maximum absolute atomic E-state index is 5.57. The summed E-state index contributed by atoms with van der Waals surface area (Å²) in [5.74, 6) is 4.66. The summed E-state index contributed by atoms with van der Waals surface area (Å²) < 4.78 is 0. The van der Waals surface area contributed by atoms with E-state index in [-0.39, 0.29) is 0 Å². The van der Waals surface area contributed by atoms with Crippen LogP contribution in [0.2, 0.25) is 0 Å². The lowest BCUT2D eigenvalue weighted by Gasteiger charge is -2.48. The molecule has 19 heavy (non-hydrogen) atoms. The number of fused-ring (bicyclic) bond motifs is 4. The molecule has 5 rings (SSSR count). The quantitative estimate of drug-likeness (QED) is 0.676. The van der Waals surface area contributed by atoms with Crippen LogP contribution in [-0.4, -0.2) is 41.2 Å². The van der Waals surface area contributed by atoms with Gasteiger partial charge in [0.1, 0.15) is 0 Å². The summed E-state index contributed by atoms with van der Waals surface area (Å²) in [5.41, 5.74) is 2.44. The Morgan fingerprint density at radius 3 is 2.84 bits per heavy atom. The molecule has 0 aromatic rings. The van der Waals surface area contributed by atoms with Gasteiger partial charge in [-0.05, 0) is 37.9 Å². The minimum atomic E-state index is 0.670. The first-order chi connectivity index (χ1) is 9.35. The summed E-state index contributed by atoms with van der Waals surface area (Å²) >= 11 is 1.88. The van der Waals surface area contributed by atoms with Crippen LogP contribution in [0.15, 0.2) is 34.5 Å². The first kappa shape index (κ1) is 11.7. The Bertz CT molecular complexity index is 529. The predicted octanol–water partition coefficient (Wildman–Crippen LogP) is 2.43. The molecular formula is C16H18N2S. The van der Waals surface area contributed by atoms with Crippen LogP contribution in [0, 0.1) is 18.3 Å². The van der Waals surface area contributed by atoms with Crippen molar-refractivity contribution in [3.05, 3.63) is 34.5 Å². The first-order valence-corrected chi connectivity index (χ1v) is 8.06. The lowest BCUT2D eigenvalue weighted by molar-refractivity contribution is 0.0413. The van der Waals surface area contributed by atoms with Crippen LogP contribution in [0.5, 0.6) is 0 Å². The number of hydrogen-bond acceptors (Lipinski definition) is 3. The molecule has 0 N–H and O–H groups in total. The highest BCUT2D eigenvalue weighted by Crippen LogP contribution is 2.41. The van der Waals surface area contributed by atoms with Crippen LogP contribution in [0.1, 0.15) is 12.8 Å². The fourth-order valence-corrected chi connectivity index (χ4v) is 4.76. The van der Waals surface area contributed by atoms with E-state index in [9.17, 15) is 0 Å². The van der Waals surface area contributed by atoms with E-state index in [2.05, 4.69) is 34.2 Å². The van der Waals surface area contributed by atoms with Crippen LogP contribution in [0.25, 0.3) is 0 Å². The van der Waals surface area contributed by atoms with E-state index >= 15 is 0 Å². The molecule has 2 bridgehead atoms. The second kappa shape index (κ2) is 4.47. The molecule has 98 valence electrons. The molecule has 0 aliphatic carbocycles. The van der Waals surface area contributed by atoms with Gasteiger partial charge in [-0.15, -0.1) is 18.2 Å². The van der Waals surface area contributed by atoms with Gasteiger partial charge in [-0.1, -0.05) is 5.92 Å². The van der Waals surface area contributed by atoms with Gasteiger partial charge in [0, 0.05) is 46.8 Å². The number of hydrogen-bond donors (Lipinski definition) is 0. The van der Waals surface area contributed by atoms with Crippen molar-refractivity contribution in [2.24, 2.45) is 5.92 Å². The minimum absolute atomic E-state index is 0.670. The molecule has 3 heteroatoms. The lowest BCUT2D eigenvalue weighted by atomic mass is 9.83. The summed E-state index contributed by atoms with van der Waals surface area (Å²) in [4.78, 5) is 6.42. The molecule has 0 amide bonds. The van der Waals surface area contributed by atoms with E-state index in [0.717, 1.165) is 17.2 Å². The Kier molecular flexibility index (Phi) is 2.75. The van der Waals surface area contributed by atoms with Crippen LogP contribution >= 0.6 is 11.8 Å². The molecule has 0 aromatic carbocycles. The highest BCUT2D eigenvalue weighted by molar-refractivity contribution is 8.03. The van der Waals surface area contributed by atoms with Gasteiger partial charge in [-0.3, -0.25) is 0 Å². The topological polar surface area (TPSA) is 6.48 Å². The predicted molar refractivity (Wildman–Crippen MR) is 80.3 cm³/mol. The fraction of sp³-hybridized carbons (Fsp3) is 0.500. The minimum Gasteiger partial charge on any atom is -0.349 e. The second-order valence-electron chi connectivity index (χ2n) is 5.79. The number of terminal acetylenes is 1. The molecular weight excluding hydrogens is 252 g/mol. The standard InChI is InChI=1S/C16H18N2S/c1-2-12-11-19-16-10-18(8-5-14(12)16)15-9-17-6-3-13(15)4-7-17/h1,5,8,10,13,15H,3-4,6-7,9,11H2/t15-/m0/s1. The summed E-state index contributed by atoms with van der Waals surface area (Å²) in [6, 6.07) is 0.670. The maximum Gasteiger partial charge on any atom is 0.0487 e. The van der Waals surface area contributed by atoms with E-state index in [1.807, 2.05) is 11.8 Å². The van der Waals surface area contributed by atoms with Crippen LogP contribution in [0.3, 0.4) is 0 Å². The number of rotatable bonds is 1. The zero-order valence-corrected chi connectivity index (χ0v) is 11.8. The lowest BCUT2D eigenvalue weighted by Crippen LogP contribution is -2.55. The summed E-state index contributed by atoms with van der Waals surface area (Å²) in [7, 11) is 0. The maximum atomic E-state index is 5.57. The molecule has 0 saturated carbocycles. The van der Waals surface area contributed by atoms with Gasteiger partial charge in [-0.2, -0.15) is 0 Å². The molecule has 0 spiro atoms. The van der Waals surface area contributed by atoms with Gasteiger partial charge in [0.2, 0.25) is 0 Å². The third-order valence-electron chi connectivity index (χ3n) is 4.82. The van der Waals surface area contributed by atoms with Crippen LogP contribution < -0.4 is 0 Å². The molecule has 5 aliphatic rings. The van der Waals surface area contributed by atoms with E-state index in [1.165, 1.54) is 43.0 Å². The average Bonchev–Trinajstić information content (AvgIpc) is 2.90. The molecule has 0 unspecified atom stereocenters. The summed E-state index contributed by atoms with van der Waals surface area (Å²) in [6.07, 6.45) is 15.1. The van der Waals surface area contributed by atoms with Gasteiger partial charge < -0.3 is 9.80 Å². The molecule has 5 aliphatic heterocycles. The molecule has 1 atom stereocenters. The van der Waals surface area contributed by atoms with Crippen molar-refractivity contribution >= 4 is 11.8 Å². The molecule has 0 aromatic heterocycles. The normalized spacial score (nSPS) is 36.3. The second-order valence-corrected chi connectivity index (χ2v) is 6.80. The Morgan fingerprint density at radius 1 is 1.32 bits per heavy atom. The van der Waals surface area contributed by atoms with Gasteiger partial charge in [0.15, 0.2) is 0 Å². The molecule has 5 heterocycles. The van der Waals surface area contributed by atoms with E-state index in [0.29, 0.717) is 6.04 Å². The highest BCUT2D eigenvalue weighted by Gasteiger charge is 2.37. The first-order valence-electron chi connectivity index (χ1n) is 7.08. The van der Waals surface area contributed by atoms with E-state index in [1.54, 1.807) is 0 Å². The summed E-state index contributed by atoms with van der Waals surface area (Å²) in [6.45, 7) is 3.83. The zero-order valence-electron chi connectivity index (χ0n) is 11.0. The van der Waals surface area contributed by atoms with Crippen molar-refractivity contribution in [1.29, 1.82) is 0 Å². The van der Waals surface area contributed by atoms with Crippen LogP contribution in [0.4, 0.5) is 0 Å². The Balaban J connectivity index is 1.60. The Morgan fingerprint density at radius 2 is 2.16 bits per heavy atom. The van der Waals surface area contributed by atoms with Gasteiger partial charge >= 0.3 is 0 Å². The van der Waals surface area contributed by atoms with Crippen molar-refractivity contribution in [2.75, 3.05) is 25.4 Å². The molecule has 3 saturated heterocycles. The van der Waals surface area contributed by atoms with Gasteiger partial charge in [0.05, 0.1) is 0 Å². The molecule has 3 fully saturated rings. The van der Waals surface area contributed by atoms with Crippen molar-refractivity contribution < 1.29 is 0 Å². The monoisotopic (exact) mass is 270 g/mol. The van der Waals surface area contributed by atoms with Crippen molar-refractivity contribution in [2.45, 2.75) is 18.9 Å². The molecule has 2 nitrogen and oxygen atoms in total. The Hall–Kier alpha value is -1.11. The largest absolute Gasteiger partial charge is 0.349 e. The number of nitrogens with zero attached hydrogens (tertiary/aromatic N) is 2. The number of piperidine rings is 3. The zero-order chi connectivity index (χ0) is 12.8. The van der Waals surface area contributed by atoms with Crippen molar-refractivity contribution in [3.63, 3.8) is 0 Å². The molecule has 0 radical (unpaired) electrons. The fourth-order valence-electron chi connectivity index (χ4n) is 3.68. The van der Waals surface area contributed by atoms with Gasteiger partial charge in [-0.25, -0.2) is 0 Å². The third kappa shape index (κ3) is 1.86. The number of allylic oxidation sites excluding steroid dienone is 2. The van der Waals surface area contributed by atoms with E-state index in [4.69, 9.17) is 6.42 Å². The Labute approximate surface area is 119 Å².